The van der Waals surface area contributed by atoms with E-state index in [1.54, 1.807) is 0 Å². The molecule has 1 amide bonds. The summed E-state index contributed by atoms with van der Waals surface area (Å²) in [6.45, 7) is 10.6. The van der Waals surface area contributed by atoms with Crippen molar-refractivity contribution in [2.24, 2.45) is 5.92 Å². The number of rotatable bonds is 7. The van der Waals surface area contributed by atoms with Crippen molar-refractivity contribution in [1.82, 2.24) is 4.90 Å². The fourth-order valence-electron chi connectivity index (χ4n) is 1.60. The van der Waals surface area contributed by atoms with Crippen molar-refractivity contribution in [1.29, 1.82) is 0 Å². The Hall–Kier alpha value is -1.05. The first-order valence-electron chi connectivity index (χ1n) is 5.80. The zero-order valence-electron chi connectivity index (χ0n) is 9.67. The maximum absolute atomic E-state index is 11.9. The number of carbonyl (C=O) groups excluding carboxylic acids is 1. The van der Waals surface area contributed by atoms with E-state index in [4.69, 9.17) is 0 Å². The highest BCUT2D eigenvalue weighted by molar-refractivity contribution is 5.82. The first-order valence-corrected chi connectivity index (χ1v) is 5.80. The number of carbonyl (C=O) groups is 1. The highest BCUT2D eigenvalue weighted by atomic mass is 16.2. The number of nitrogens with zero attached hydrogens (tertiary/aromatic N) is 1. The molecule has 0 spiro atoms. The largest absolute Gasteiger partial charge is 0.317 e. The van der Waals surface area contributed by atoms with Crippen LogP contribution < -0.4 is 0 Å². The third-order valence-electron chi connectivity index (χ3n) is 2.66. The number of amides is 1. The van der Waals surface area contributed by atoms with Gasteiger partial charge in [-0.15, -0.1) is 6.58 Å². The van der Waals surface area contributed by atoms with Gasteiger partial charge in [0.15, 0.2) is 0 Å². The maximum Gasteiger partial charge on any atom is 0.229 e. The van der Waals surface area contributed by atoms with Gasteiger partial charge in [0.1, 0.15) is 0 Å². The van der Waals surface area contributed by atoms with Crippen LogP contribution in [0.1, 0.15) is 39.0 Å². The lowest BCUT2D eigenvalue weighted by molar-refractivity contribution is -0.130. The summed E-state index contributed by atoms with van der Waals surface area (Å²) in [5.41, 5.74) is 0.952. The van der Waals surface area contributed by atoms with E-state index in [0.29, 0.717) is 0 Å². The second-order valence-electron chi connectivity index (χ2n) is 4.16. The Kier molecular flexibility index (Phi) is 4.60. The molecule has 0 aromatic heterocycles. The van der Waals surface area contributed by atoms with Crippen LogP contribution >= 0.6 is 0 Å². The Bertz CT molecular complexity index is 253. The van der Waals surface area contributed by atoms with Crippen LogP contribution in [-0.4, -0.2) is 17.4 Å². The highest BCUT2D eigenvalue weighted by Crippen LogP contribution is 2.32. The fourth-order valence-corrected chi connectivity index (χ4v) is 1.60. The minimum absolute atomic E-state index is 0.283. The Morgan fingerprint density at radius 3 is 2.67 bits per heavy atom. The molecule has 1 fully saturated rings. The monoisotopic (exact) mass is 207 g/mol. The van der Waals surface area contributed by atoms with E-state index in [1.165, 1.54) is 0 Å². The van der Waals surface area contributed by atoms with E-state index in [0.717, 1.165) is 44.3 Å². The molecule has 1 aliphatic rings. The first kappa shape index (κ1) is 12.0. The molecule has 0 N–H and O–H groups in total. The summed E-state index contributed by atoms with van der Waals surface area (Å²) < 4.78 is 0. The van der Waals surface area contributed by atoms with Crippen molar-refractivity contribution >= 4 is 5.91 Å². The van der Waals surface area contributed by atoms with Crippen molar-refractivity contribution in [2.75, 3.05) is 6.54 Å². The molecule has 0 bridgehead atoms. The van der Waals surface area contributed by atoms with Gasteiger partial charge in [-0.1, -0.05) is 19.6 Å². The smallest absolute Gasteiger partial charge is 0.229 e. The van der Waals surface area contributed by atoms with Crippen LogP contribution in [0.4, 0.5) is 0 Å². The predicted molar refractivity (Wildman–Crippen MR) is 63.3 cm³/mol. The third kappa shape index (κ3) is 3.54. The number of hydrogen-bond donors (Lipinski definition) is 0. The molecule has 0 atom stereocenters. The summed E-state index contributed by atoms with van der Waals surface area (Å²) in [6, 6.07) is 0. The minimum atomic E-state index is 0.283. The van der Waals surface area contributed by atoms with Crippen molar-refractivity contribution in [3.05, 3.63) is 24.9 Å². The second-order valence-corrected chi connectivity index (χ2v) is 4.16. The lowest BCUT2D eigenvalue weighted by Crippen LogP contribution is -2.31. The molecule has 0 aliphatic heterocycles. The summed E-state index contributed by atoms with van der Waals surface area (Å²) in [6.07, 6.45) is 6.74. The minimum Gasteiger partial charge on any atom is -0.317 e. The molecule has 1 rings (SSSR count). The summed E-state index contributed by atoms with van der Waals surface area (Å²) in [5, 5.41) is 0. The lowest BCUT2D eigenvalue weighted by atomic mass is 10.2. The average Bonchev–Trinajstić information content (AvgIpc) is 3.05. The zero-order valence-corrected chi connectivity index (χ0v) is 9.67. The summed E-state index contributed by atoms with van der Waals surface area (Å²) in [7, 11) is 0. The van der Waals surface area contributed by atoms with Crippen molar-refractivity contribution in [3.8, 4) is 0 Å². The van der Waals surface area contributed by atoms with Gasteiger partial charge in [0.25, 0.3) is 0 Å². The summed E-state index contributed by atoms with van der Waals surface area (Å²) in [5.74, 6) is 0.572. The molecule has 2 heteroatoms. The molecule has 0 radical (unpaired) electrons. The number of allylic oxidation sites excluding steroid dienone is 2. The molecule has 0 saturated heterocycles. The molecule has 0 aromatic carbocycles. The van der Waals surface area contributed by atoms with Crippen LogP contribution in [0, 0.1) is 5.92 Å². The molecule has 0 aromatic rings. The van der Waals surface area contributed by atoms with Gasteiger partial charge < -0.3 is 4.90 Å². The van der Waals surface area contributed by atoms with E-state index >= 15 is 0 Å². The second kappa shape index (κ2) is 5.74. The van der Waals surface area contributed by atoms with Gasteiger partial charge in [0.05, 0.1) is 0 Å². The highest BCUT2D eigenvalue weighted by Gasteiger charge is 2.33. The van der Waals surface area contributed by atoms with E-state index < -0.39 is 0 Å². The van der Waals surface area contributed by atoms with Crippen LogP contribution in [0.15, 0.2) is 24.9 Å². The lowest BCUT2D eigenvalue weighted by Gasteiger charge is -2.24. The van der Waals surface area contributed by atoms with Gasteiger partial charge >= 0.3 is 0 Å². The molecule has 84 valence electrons. The van der Waals surface area contributed by atoms with E-state index in [-0.39, 0.29) is 11.8 Å². The van der Waals surface area contributed by atoms with Gasteiger partial charge in [-0.05, 0) is 32.1 Å². The Morgan fingerprint density at radius 2 is 2.20 bits per heavy atom. The topological polar surface area (TPSA) is 20.3 Å². The molecule has 1 saturated carbocycles. The van der Waals surface area contributed by atoms with Gasteiger partial charge in [0, 0.05) is 18.2 Å². The van der Waals surface area contributed by atoms with Gasteiger partial charge in [-0.25, -0.2) is 0 Å². The summed E-state index contributed by atoms with van der Waals surface area (Å²) >= 11 is 0. The van der Waals surface area contributed by atoms with E-state index in [9.17, 15) is 4.79 Å². The third-order valence-corrected chi connectivity index (χ3v) is 2.66. The molecule has 1 aliphatic carbocycles. The Balaban J connectivity index is 2.50. The van der Waals surface area contributed by atoms with Crippen LogP contribution in [0.25, 0.3) is 0 Å². The van der Waals surface area contributed by atoms with Crippen molar-refractivity contribution < 1.29 is 4.79 Å². The molecule has 0 heterocycles. The van der Waals surface area contributed by atoms with Crippen molar-refractivity contribution in [2.45, 2.75) is 39.0 Å². The van der Waals surface area contributed by atoms with Crippen LogP contribution in [0.5, 0.6) is 0 Å². The quantitative estimate of drug-likeness (QED) is 0.587. The van der Waals surface area contributed by atoms with Gasteiger partial charge in [-0.3, -0.25) is 4.79 Å². The SMILES string of the molecule is C=CCCC(=C)N(CCC)C(=O)C1CC1. The van der Waals surface area contributed by atoms with Crippen LogP contribution in [0.3, 0.4) is 0 Å². The standard InChI is InChI=1S/C13H21NO/c1-4-6-7-11(3)14(10-5-2)13(15)12-8-9-12/h4,12H,1,3,5-10H2,2H3. The van der Waals surface area contributed by atoms with E-state index in [2.05, 4.69) is 20.1 Å². The fraction of sp³-hybridized carbons (Fsp3) is 0.615. The Labute approximate surface area is 92.7 Å². The molecular formula is C13H21NO. The molecule has 2 nitrogen and oxygen atoms in total. The van der Waals surface area contributed by atoms with Crippen molar-refractivity contribution in [3.63, 3.8) is 0 Å². The van der Waals surface area contributed by atoms with Gasteiger partial charge in [0.2, 0.25) is 5.91 Å². The summed E-state index contributed by atoms with van der Waals surface area (Å²) in [4.78, 5) is 13.8. The van der Waals surface area contributed by atoms with Crippen LogP contribution in [-0.2, 0) is 4.79 Å². The average molecular weight is 207 g/mol. The predicted octanol–water partition coefficient (Wildman–Crippen LogP) is 3.11. The normalized spacial score (nSPS) is 14.7. The molecular weight excluding hydrogens is 186 g/mol. The number of hydrogen-bond acceptors (Lipinski definition) is 1. The maximum atomic E-state index is 11.9. The molecule has 0 unspecified atom stereocenters. The van der Waals surface area contributed by atoms with Crippen LogP contribution in [0.2, 0.25) is 0 Å². The van der Waals surface area contributed by atoms with Gasteiger partial charge in [-0.2, -0.15) is 0 Å². The molecule has 15 heavy (non-hydrogen) atoms. The van der Waals surface area contributed by atoms with E-state index in [1.807, 2.05) is 11.0 Å². The zero-order chi connectivity index (χ0) is 11.3. The first-order chi connectivity index (χ1) is 7.20. The Morgan fingerprint density at radius 1 is 1.53 bits per heavy atom.